The zero-order valence-corrected chi connectivity index (χ0v) is 19.8. The first-order valence-electron chi connectivity index (χ1n) is 10.6. The number of hydrogen-bond acceptors (Lipinski definition) is 1. The van der Waals surface area contributed by atoms with Gasteiger partial charge in [0, 0.05) is 5.71 Å². The fourth-order valence-electron chi connectivity index (χ4n) is 2.44. The molecule has 154 valence electrons. The van der Waals surface area contributed by atoms with Crippen LogP contribution in [0.15, 0.2) is 42.0 Å². The Morgan fingerprint density at radius 3 is 1.59 bits per heavy atom. The fourth-order valence-corrected chi connectivity index (χ4v) is 2.44. The first kappa shape index (κ1) is 27.6. The first-order valence-corrected chi connectivity index (χ1v) is 10.6. The zero-order valence-electron chi connectivity index (χ0n) is 19.8. The lowest BCUT2D eigenvalue weighted by Crippen LogP contribution is -2.10. The van der Waals surface area contributed by atoms with E-state index in [4.69, 9.17) is 5.41 Å². The number of allylic oxidation sites excluding steroid dienone is 3. The van der Waals surface area contributed by atoms with Crippen LogP contribution in [-0.2, 0) is 5.41 Å². The predicted molar refractivity (Wildman–Crippen MR) is 127 cm³/mol. The van der Waals surface area contributed by atoms with Gasteiger partial charge >= 0.3 is 0 Å². The Morgan fingerprint density at radius 2 is 1.30 bits per heavy atom. The van der Waals surface area contributed by atoms with Crippen LogP contribution in [0.2, 0.25) is 0 Å². The molecule has 0 spiro atoms. The number of nitrogens with one attached hydrogen (secondary N) is 1. The van der Waals surface area contributed by atoms with Gasteiger partial charge in [-0.2, -0.15) is 0 Å². The summed E-state index contributed by atoms with van der Waals surface area (Å²) >= 11 is 0. The molecular formula is C26H45N. The minimum Gasteiger partial charge on any atom is -0.305 e. The van der Waals surface area contributed by atoms with Crippen molar-refractivity contribution in [3.8, 4) is 0 Å². The van der Waals surface area contributed by atoms with Crippen molar-refractivity contribution in [2.45, 2.75) is 100 Å². The standard InChI is InChI=1S/C18H25N.C6H14.C2H6/c1-12(13(2)15(4)19)14(3)16-8-10-17(11-9-16)18(5,6)7;1-3-5-6-4-2;1-2/h8-11,19H,2H2,1,3-7H3;3-6H2,1-2H3;1-2H3/b14-12+,19-15?;;. The minimum absolute atomic E-state index is 0.181. The smallest absolute Gasteiger partial charge is 0.0352 e. The largest absolute Gasteiger partial charge is 0.305 e. The molecule has 1 aromatic rings. The molecule has 27 heavy (non-hydrogen) atoms. The lowest BCUT2D eigenvalue weighted by molar-refractivity contribution is 0.590. The van der Waals surface area contributed by atoms with Crippen molar-refractivity contribution >= 4 is 11.3 Å². The third-order valence-corrected chi connectivity index (χ3v) is 4.61. The van der Waals surface area contributed by atoms with Gasteiger partial charge < -0.3 is 5.41 Å². The van der Waals surface area contributed by atoms with Crippen LogP contribution in [0, 0.1) is 5.41 Å². The van der Waals surface area contributed by atoms with Crippen LogP contribution in [0.3, 0.4) is 0 Å². The van der Waals surface area contributed by atoms with E-state index >= 15 is 0 Å². The summed E-state index contributed by atoms with van der Waals surface area (Å²) in [6.07, 6.45) is 5.54. The first-order chi connectivity index (χ1) is 12.6. The second-order valence-electron chi connectivity index (χ2n) is 7.89. The molecule has 0 atom stereocenters. The average Bonchev–Trinajstić information content (AvgIpc) is 2.66. The van der Waals surface area contributed by atoms with Gasteiger partial charge in [0.25, 0.3) is 0 Å². The van der Waals surface area contributed by atoms with Crippen molar-refractivity contribution in [3.63, 3.8) is 0 Å². The van der Waals surface area contributed by atoms with Crippen LogP contribution in [0.4, 0.5) is 0 Å². The van der Waals surface area contributed by atoms with E-state index in [1.165, 1.54) is 42.4 Å². The Balaban J connectivity index is 0. The summed E-state index contributed by atoms with van der Waals surface area (Å²) in [6, 6.07) is 8.69. The zero-order chi connectivity index (χ0) is 21.6. The van der Waals surface area contributed by atoms with Gasteiger partial charge in [0.05, 0.1) is 0 Å². The molecule has 0 radical (unpaired) electrons. The van der Waals surface area contributed by atoms with Gasteiger partial charge in [-0.1, -0.05) is 105 Å². The van der Waals surface area contributed by atoms with Gasteiger partial charge in [-0.25, -0.2) is 0 Å². The fraction of sp³-hybridized carbons (Fsp3) is 0.577. The van der Waals surface area contributed by atoms with Crippen molar-refractivity contribution in [2.75, 3.05) is 0 Å². The SMILES string of the molecule is C=C(C(C)=N)/C(C)=C(\C)c1ccc(C(C)(C)C)cc1.CC.CCCCCC. The minimum atomic E-state index is 0.181. The molecule has 0 saturated heterocycles. The van der Waals surface area contributed by atoms with Crippen LogP contribution >= 0.6 is 0 Å². The molecule has 1 rings (SSSR count). The van der Waals surface area contributed by atoms with Gasteiger partial charge in [0.2, 0.25) is 0 Å². The molecule has 0 aromatic heterocycles. The molecule has 0 aliphatic carbocycles. The van der Waals surface area contributed by atoms with Crippen LogP contribution in [0.1, 0.15) is 106 Å². The summed E-state index contributed by atoms with van der Waals surface area (Å²) in [5.41, 5.74) is 6.35. The van der Waals surface area contributed by atoms with Crippen molar-refractivity contribution < 1.29 is 0 Å². The van der Waals surface area contributed by atoms with Crippen molar-refractivity contribution in [3.05, 3.63) is 53.1 Å². The molecular weight excluding hydrogens is 326 g/mol. The normalized spacial score (nSPS) is 11.3. The third-order valence-electron chi connectivity index (χ3n) is 4.61. The molecule has 0 aliphatic heterocycles. The Labute approximate surface area is 170 Å². The second kappa shape index (κ2) is 14.4. The molecule has 0 heterocycles. The van der Waals surface area contributed by atoms with E-state index in [9.17, 15) is 0 Å². The van der Waals surface area contributed by atoms with Crippen LogP contribution in [0.5, 0.6) is 0 Å². The lowest BCUT2D eigenvalue weighted by atomic mass is 9.86. The van der Waals surface area contributed by atoms with Gasteiger partial charge in [-0.3, -0.25) is 0 Å². The maximum absolute atomic E-state index is 7.67. The summed E-state index contributed by atoms with van der Waals surface area (Å²) < 4.78 is 0. The molecule has 0 bridgehead atoms. The number of hydrogen-bond donors (Lipinski definition) is 1. The quantitative estimate of drug-likeness (QED) is 0.293. The summed E-state index contributed by atoms with van der Waals surface area (Å²) in [5, 5.41) is 7.67. The van der Waals surface area contributed by atoms with Crippen LogP contribution in [-0.4, -0.2) is 5.71 Å². The Bertz CT molecular complexity index is 576. The van der Waals surface area contributed by atoms with Crippen molar-refractivity contribution in [1.82, 2.24) is 0 Å². The van der Waals surface area contributed by atoms with E-state index in [0.29, 0.717) is 5.71 Å². The highest BCUT2D eigenvalue weighted by molar-refractivity contribution is 6.01. The second-order valence-corrected chi connectivity index (χ2v) is 7.89. The predicted octanol–water partition coefficient (Wildman–Crippen LogP) is 8.99. The monoisotopic (exact) mass is 371 g/mol. The van der Waals surface area contributed by atoms with Gasteiger partial charge in [0.1, 0.15) is 0 Å². The molecule has 1 nitrogen and oxygen atoms in total. The summed E-state index contributed by atoms with van der Waals surface area (Å²) in [7, 11) is 0. The third kappa shape index (κ3) is 11.0. The van der Waals surface area contributed by atoms with Crippen molar-refractivity contribution in [2.24, 2.45) is 0 Å². The van der Waals surface area contributed by atoms with E-state index < -0.39 is 0 Å². The Hall–Kier alpha value is -1.63. The van der Waals surface area contributed by atoms with Gasteiger partial charge in [0.15, 0.2) is 0 Å². The molecule has 0 amide bonds. The molecule has 1 heteroatoms. The van der Waals surface area contributed by atoms with E-state index in [1.54, 1.807) is 6.92 Å². The molecule has 0 aliphatic rings. The van der Waals surface area contributed by atoms with E-state index in [1.807, 2.05) is 20.8 Å². The highest BCUT2D eigenvalue weighted by Crippen LogP contribution is 2.27. The number of rotatable bonds is 6. The topological polar surface area (TPSA) is 23.9 Å². The average molecular weight is 372 g/mol. The maximum Gasteiger partial charge on any atom is 0.0352 e. The lowest BCUT2D eigenvalue weighted by Gasteiger charge is -2.19. The van der Waals surface area contributed by atoms with Gasteiger partial charge in [-0.15, -0.1) is 0 Å². The Morgan fingerprint density at radius 1 is 0.889 bits per heavy atom. The Kier molecular flexibility index (Phi) is 14.7. The van der Waals surface area contributed by atoms with Crippen LogP contribution in [0.25, 0.3) is 5.57 Å². The summed E-state index contributed by atoms with van der Waals surface area (Å²) in [6.45, 7) is 25.0. The molecule has 0 unspecified atom stereocenters. The molecule has 1 aromatic carbocycles. The molecule has 0 saturated carbocycles. The number of benzene rings is 1. The molecule has 0 fully saturated rings. The molecule has 1 N–H and O–H groups in total. The number of unbranched alkanes of at least 4 members (excludes halogenated alkanes) is 3. The highest BCUT2D eigenvalue weighted by atomic mass is 14.4. The van der Waals surface area contributed by atoms with E-state index in [0.717, 1.165) is 11.1 Å². The maximum atomic E-state index is 7.67. The van der Waals surface area contributed by atoms with Gasteiger partial charge in [-0.05, 0) is 54.0 Å². The highest BCUT2D eigenvalue weighted by Gasteiger charge is 2.13. The van der Waals surface area contributed by atoms with E-state index in [2.05, 4.69) is 72.4 Å². The van der Waals surface area contributed by atoms with Crippen molar-refractivity contribution in [1.29, 1.82) is 5.41 Å². The van der Waals surface area contributed by atoms with E-state index in [-0.39, 0.29) is 5.41 Å². The summed E-state index contributed by atoms with van der Waals surface area (Å²) in [5.74, 6) is 0. The van der Waals surface area contributed by atoms with Crippen LogP contribution < -0.4 is 0 Å². The summed E-state index contributed by atoms with van der Waals surface area (Å²) in [4.78, 5) is 0.